The van der Waals surface area contributed by atoms with E-state index in [2.05, 4.69) is 10.1 Å². The molecule has 0 radical (unpaired) electrons. The average molecular weight is 301 g/mol. The van der Waals surface area contributed by atoms with Gasteiger partial charge in [-0.25, -0.2) is 4.98 Å². The fourth-order valence-electron chi connectivity index (χ4n) is 3.30. The van der Waals surface area contributed by atoms with Crippen molar-refractivity contribution in [2.45, 2.75) is 38.6 Å². The normalized spacial score (nSPS) is 18.1. The molecule has 2 aromatic rings. The second-order valence-corrected chi connectivity index (χ2v) is 6.04. The van der Waals surface area contributed by atoms with Crippen molar-refractivity contribution < 1.29 is 4.79 Å². The standard InChI is InChI=1S/C16H23N5O/c1-12-11-19(2)16(18-12)14-5-4-10-21(14)15(22)7-6-13-8-9-17-20(13)3/h8-9,11,14H,4-7,10H2,1-3H3/t14-/m0/s1. The molecule has 118 valence electrons. The highest BCUT2D eigenvalue weighted by Crippen LogP contribution is 2.31. The molecule has 1 saturated heterocycles. The maximum atomic E-state index is 12.6. The first-order valence-electron chi connectivity index (χ1n) is 7.82. The number of likely N-dealkylation sites (tertiary alicyclic amines) is 1. The number of nitrogens with zero attached hydrogens (tertiary/aromatic N) is 5. The second-order valence-electron chi connectivity index (χ2n) is 6.04. The van der Waals surface area contributed by atoms with E-state index in [0.29, 0.717) is 6.42 Å². The molecule has 1 amide bonds. The minimum atomic E-state index is 0.123. The molecule has 0 aromatic carbocycles. The van der Waals surface area contributed by atoms with Gasteiger partial charge in [-0.2, -0.15) is 5.10 Å². The summed E-state index contributed by atoms with van der Waals surface area (Å²) in [5, 5.41) is 4.15. The monoisotopic (exact) mass is 301 g/mol. The molecule has 1 atom stereocenters. The molecule has 6 heteroatoms. The Bertz CT molecular complexity index is 672. The first-order valence-corrected chi connectivity index (χ1v) is 7.82. The molecular formula is C16H23N5O. The van der Waals surface area contributed by atoms with Gasteiger partial charge in [0.05, 0.1) is 11.7 Å². The fourth-order valence-corrected chi connectivity index (χ4v) is 3.30. The summed E-state index contributed by atoms with van der Waals surface area (Å²) in [6.07, 6.45) is 7.11. The number of aryl methyl sites for hydroxylation is 4. The highest BCUT2D eigenvalue weighted by atomic mass is 16.2. The van der Waals surface area contributed by atoms with E-state index in [9.17, 15) is 4.79 Å². The molecule has 1 fully saturated rings. The lowest BCUT2D eigenvalue weighted by molar-refractivity contribution is -0.132. The number of hydrogen-bond acceptors (Lipinski definition) is 3. The van der Waals surface area contributed by atoms with Crippen LogP contribution < -0.4 is 0 Å². The van der Waals surface area contributed by atoms with Crippen LogP contribution in [0.2, 0.25) is 0 Å². The van der Waals surface area contributed by atoms with Crippen LogP contribution in [0, 0.1) is 6.92 Å². The molecule has 0 aliphatic carbocycles. The molecule has 0 saturated carbocycles. The smallest absolute Gasteiger partial charge is 0.223 e. The molecule has 0 bridgehead atoms. The van der Waals surface area contributed by atoms with E-state index < -0.39 is 0 Å². The Morgan fingerprint density at radius 3 is 2.86 bits per heavy atom. The number of rotatable bonds is 4. The maximum Gasteiger partial charge on any atom is 0.223 e. The van der Waals surface area contributed by atoms with Crippen LogP contribution in [0.5, 0.6) is 0 Å². The van der Waals surface area contributed by atoms with Crippen LogP contribution in [0.4, 0.5) is 0 Å². The van der Waals surface area contributed by atoms with Crippen molar-refractivity contribution in [3.63, 3.8) is 0 Å². The van der Waals surface area contributed by atoms with Crippen molar-refractivity contribution in [3.05, 3.63) is 35.7 Å². The quantitative estimate of drug-likeness (QED) is 0.864. The first kappa shape index (κ1) is 14.8. The number of hydrogen-bond donors (Lipinski definition) is 0. The predicted octanol–water partition coefficient (Wildman–Crippen LogP) is 1.76. The molecule has 6 nitrogen and oxygen atoms in total. The summed E-state index contributed by atoms with van der Waals surface area (Å²) < 4.78 is 3.88. The van der Waals surface area contributed by atoms with Gasteiger partial charge in [-0.15, -0.1) is 0 Å². The zero-order valence-electron chi connectivity index (χ0n) is 13.5. The predicted molar refractivity (Wildman–Crippen MR) is 83.2 cm³/mol. The summed E-state index contributed by atoms with van der Waals surface area (Å²) in [5.74, 6) is 1.22. The summed E-state index contributed by atoms with van der Waals surface area (Å²) in [7, 11) is 3.92. The van der Waals surface area contributed by atoms with Crippen molar-refractivity contribution >= 4 is 5.91 Å². The van der Waals surface area contributed by atoms with Crippen LogP contribution in [-0.4, -0.2) is 36.7 Å². The van der Waals surface area contributed by atoms with Crippen LogP contribution in [0.3, 0.4) is 0 Å². The Hall–Kier alpha value is -2.11. The molecule has 3 heterocycles. The lowest BCUT2D eigenvalue weighted by Crippen LogP contribution is -2.32. The summed E-state index contributed by atoms with van der Waals surface area (Å²) in [6.45, 7) is 2.83. The number of carbonyl (C=O) groups excluding carboxylic acids is 1. The molecular weight excluding hydrogens is 278 g/mol. The van der Waals surface area contributed by atoms with Crippen molar-refractivity contribution in [2.24, 2.45) is 14.1 Å². The van der Waals surface area contributed by atoms with Crippen molar-refractivity contribution in [1.29, 1.82) is 0 Å². The van der Waals surface area contributed by atoms with Crippen LogP contribution in [0.1, 0.15) is 42.5 Å². The highest BCUT2D eigenvalue weighted by Gasteiger charge is 2.32. The van der Waals surface area contributed by atoms with Crippen molar-refractivity contribution in [3.8, 4) is 0 Å². The number of aromatic nitrogens is 4. The minimum Gasteiger partial charge on any atom is -0.336 e. The van der Waals surface area contributed by atoms with Crippen molar-refractivity contribution in [1.82, 2.24) is 24.2 Å². The lowest BCUT2D eigenvalue weighted by Gasteiger charge is -2.24. The van der Waals surface area contributed by atoms with Crippen LogP contribution in [-0.2, 0) is 25.3 Å². The third kappa shape index (κ3) is 2.77. The maximum absolute atomic E-state index is 12.6. The van der Waals surface area contributed by atoms with E-state index in [4.69, 9.17) is 0 Å². The average Bonchev–Trinajstić information content (AvgIpc) is 3.16. The Morgan fingerprint density at radius 2 is 2.23 bits per heavy atom. The van der Waals surface area contributed by atoms with E-state index in [1.807, 2.05) is 47.4 Å². The zero-order valence-corrected chi connectivity index (χ0v) is 13.5. The first-order chi connectivity index (χ1) is 10.6. The molecule has 0 spiro atoms. The third-order valence-electron chi connectivity index (χ3n) is 4.42. The Balaban J connectivity index is 1.69. The largest absolute Gasteiger partial charge is 0.336 e. The van der Waals surface area contributed by atoms with E-state index in [1.54, 1.807) is 6.20 Å². The summed E-state index contributed by atoms with van der Waals surface area (Å²) >= 11 is 0. The molecule has 2 aromatic heterocycles. The Labute approximate surface area is 130 Å². The van der Waals surface area contributed by atoms with Gasteiger partial charge in [0.15, 0.2) is 0 Å². The van der Waals surface area contributed by atoms with E-state index in [-0.39, 0.29) is 11.9 Å². The Kier molecular flexibility index (Phi) is 4.00. The molecule has 3 rings (SSSR count). The van der Waals surface area contributed by atoms with Gasteiger partial charge in [-0.05, 0) is 32.3 Å². The minimum absolute atomic E-state index is 0.123. The Morgan fingerprint density at radius 1 is 1.41 bits per heavy atom. The van der Waals surface area contributed by atoms with Gasteiger partial charge in [-0.3, -0.25) is 9.48 Å². The molecule has 0 N–H and O–H groups in total. The van der Waals surface area contributed by atoms with Gasteiger partial charge < -0.3 is 9.47 Å². The summed E-state index contributed by atoms with van der Waals surface area (Å²) in [4.78, 5) is 19.2. The van der Waals surface area contributed by atoms with Crippen LogP contribution in [0.15, 0.2) is 18.5 Å². The second kappa shape index (κ2) is 5.94. The van der Waals surface area contributed by atoms with Crippen LogP contribution in [0.25, 0.3) is 0 Å². The topological polar surface area (TPSA) is 56.0 Å². The summed E-state index contributed by atoms with van der Waals surface area (Å²) in [6, 6.07) is 2.09. The zero-order chi connectivity index (χ0) is 15.7. The van der Waals surface area contributed by atoms with Gasteiger partial charge in [0.2, 0.25) is 5.91 Å². The van der Waals surface area contributed by atoms with Gasteiger partial charge >= 0.3 is 0 Å². The van der Waals surface area contributed by atoms with Crippen molar-refractivity contribution in [2.75, 3.05) is 6.54 Å². The number of imidazole rings is 1. The van der Waals surface area contributed by atoms with Gasteiger partial charge in [0.25, 0.3) is 0 Å². The van der Waals surface area contributed by atoms with Gasteiger partial charge in [0, 0.05) is 45.1 Å². The molecule has 1 aliphatic rings. The SMILES string of the molecule is Cc1cn(C)c([C@@H]2CCCN2C(=O)CCc2ccnn2C)n1. The van der Waals surface area contributed by atoms with Gasteiger partial charge in [-0.1, -0.05) is 0 Å². The summed E-state index contributed by atoms with van der Waals surface area (Å²) in [5.41, 5.74) is 2.10. The molecule has 22 heavy (non-hydrogen) atoms. The van der Waals surface area contributed by atoms with E-state index >= 15 is 0 Å². The molecule has 1 aliphatic heterocycles. The van der Waals surface area contributed by atoms with E-state index in [0.717, 1.165) is 43.0 Å². The lowest BCUT2D eigenvalue weighted by atomic mass is 10.1. The van der Waals surface area contributed by atoms with Gasteiger partial charge in [0.1, 0.15) is 5.82 Å². The third-order valence-corrected chi connectivity index (χ3v) is 4.42. The van der Waals surface area contributed by atoms with E-state index in [1.165, 1.54) is 0 Å². The van der Waals surface area contributed by atoms with Crippen LogP contribution >= 0.6 is 0 Å². The fraction of sp³-hybridized carbons (Fsp3) is 0.562. The highest BCUT2D eigenvalue weighted by molar-refractivity contribution is 5.77. The number of carbonyl (C=O) groups is 1. The number of amides is 1. The molecule has 0 unspecified atom stereocenters.